The molecule has 0 saturated carbocycles. The molecule has 1 aromatic carbocycles. The minimum atomic E-state index is -0.147. The van der Waals surface area contributed by atoms with Gasteiger partial charge in [-0.1, -0.05) is 24.6 Å². The molecule has 0 bridgehead atoms. The van der Waals surface area contributed by atoms with Crippen LogP contribution in [0.2, 0.25) is 5.02 Å². The molecule has 0 saturated heterocycles. The van der Waals surface area contributed by atoms with E-state index in [4.69, 9.17) is 16.3 Å². The number of nitrogens with one attached hydrogen (secondary N) is 2. The molecule has 0 spiro atoms. The highest BCUT2D eigenvalue weighted by molar-refractivity contribution is 7.16. The van der Waals surface area contributed by atoms with E-state index in [0.717, 1.165) is 41.1 Å². The first kappa shape index (κ1) is 20.7. The van der Waals surface area contributed by atoms with Gasteiger partial charge in [-0.2, -0.15) is 0 Å². The van der Waals surface area contributed by atoms with Gasteiger partial charge in [-0.25, -0.2) is 0 Å². The molecule has 1 unspecified atom stereocenters. The number of halogens is 1. The van der Waals surface area contributed by atoms with Crippen LogP contribution in [-0.4, -0.2) is 18.0 Å². The fraction of sp³-hybridized carbons (Fsp3) is 0.304. The minimum absolute atomic E-state index is 0.147. The zero-order valence-corrected chi connectivity index (χ0v) is 18.6. The van der Waals surface area contributed by atoms with E-state index < -0.39 is 0 Å². The van der Waals surface area contributed by atoms with E-state index in [1.807, 2.05) is 18.2 Å². The lowest BCUT2D eigenvalue weighted by Gasteiger charge is -2.19. The van der Waals surface area contributed by atoms with Crippen molar-refractivity contribution in [2.45, 2.75) is 32.7 Å². The Bertz CT molecular complexity index is 1050. The van der Waals surface area contributed by atoms with Crippen molar-refractivity contribution in [2.24, 2.45) is 5.92 Å². The van der Waals surface area contributed by atoms with Crippen LogP contribution in [0.4, 0.5) is 10.7 Å². The van der Waals surface area contributed by atoms with Crippen LogP contribution in [0.5, 0.6) is 5.75 Å². The molecule has 5 nitrogen and oxygen atoms in total. The maximum Gasteiger partial charge on any atom is 0.259 e. The van der Waals surface area contributed by atoms with Crippen molar-refractivity contribution in [1.29, 1.82) is 0 Å². The number of pyridine rings is 1. The summed E-state index contributed by atoms with van der Waals surface area (Å²) in [5.74, 6) is 1.06. The number of carbonyl (C=O) groups is 1. The summed E-state index contributed by atoms with van der Waals surface area (Å²) in [6.45, 7) is 2.83. The predicted molar refractivity (Wildman–Crippen MR) is 123 cm³/mol. The molecule has 1 aliphatic rings. The monoisotopic (exact) mass is 441 g/mol. The number of amides is 1. The number of thiophene rings is 1. The average Bonchev–Trinajstić information content (AvgIpc) is 3.10. The standard InChI is InChI=1S/C23H24ClN3O2S/c1-14-6-8-17-20(11-14)30-23(26-13-16-5-3-4-10-25-16)21(17)22(28)27-18-12-15(24)7-9-19(18)29-2/h3-5,7,9-10,12,14,26H,6,8,11,13H2,1-2H3,(H,27,28). The van der Waals surface area contributed by atoms with Crippen LogP contribution < -0.4 is 15.4 Å². The predicted octanol–water partition coefficient (Wildman–Crippen LogP) is 5.79. The summed E-state index contributed by atoms with van der Waals surface area (Å²) in [6, 6.07) is 11.0. The smallest absolute Gasteiger partial charge is 0.259 e. The lowest BCUT2D eigenvalue weighted by molar-refractivity contribution is 0.102. The molecule has 156 valence electrons. The van der Waals surface area contributed by atoms with Gasteiger partial charge in [0.2, 0.25) is 0 Å². The highest BCUT2D eigenvalue weighted by Crippen LogP contribution is 2.40. The second-order valence-electron chi connectivity index (χ2n) is 7.53. The summed E-state index contributed by atoms with van der Waals surface area (Å²) in [4.78, 5) is 19.0. The number of benzene rings is 1. The lowest BCUT2D eigenvalue weighted by Crippen LogP contribution is -2.18. The molecular weight excluding hydrogens is 418 g/mol. The molecule has 1 amide bonds. The molecule has 3 aromatic rings. The number of hydrogen-bond donors (Lipinski definition) is 2. The van der Waals surface area contributed by atoms with Crippen LogP contribution >= 0.6 is 22.9 Å². The SMILES string of the molecule is COc1ccc(Cl)cc1NC(=O)c1c(NCc2ccccn2)sc2c1CCC(C)C2. The van der Waals surface area contributed by atoms with Crippen molar-refractivity contribution >= 4 is 39.5 Å². The van der Waals surface area contributed by atoms with Crippen LogP contribution in [-0.2, 0) is 19.4 Å². The van der Waals surface area contributed by atoms with Crippen molar-refractivity contribution in [3.05, 3.63) is 69.3 Å². The first-order valence-corrected chi connectivity index (χ1v) is 11.2. The van der Waals surface area contributed by atoms with Crippen molar-refractivity contribution in [3.8, 4) is 5.75 Å². The van der Waals surface area contributed by atoms with E-state index >= 15 is 0 Å². The number of rotatable bonds is 6. The Labute approximate surface area is 185 Å². The maximum absolute atomic E-state index is 13.4. The summed E-state index contributed by atoms with van der Waals surface area (Å²) in [5.41, 5.74) is 3.37. The summed E-state index contributed by atoms with van der Waals surface area (Å²) in [6.07, 6.45) is 4.78. The summed E-state index contributed by atoms with van der Waals surface area (Å²) in [5, 5.41) is 7.88. The number of methoxy groups -OCH3 is 1. The Morgan fingerprint density at radius 1 is 1.33 bits per heavy atom. The largest absolute Gasteiger partial charge is 0.495 e. The van der Waals surface area contributed by atoms with Gasteiger partial charge in [0.15, 0.2) is 0 Å². The normalized spacial score (nSPS) is 15.4. The third kappa shape index (κ3) is 4.45. The molecule has 1 aliphatic carbocycles. The van der Waals surface area contributed by atoms with E-state index in [1.54, 1.807) is 42.8 Å². The molecule has 2 N–H and O–H groups in total. The van der Waals surface area contributed by atoms with E-state index in [1.165, 1.54) is 4.88 Å². The van der Waals surface area contributed by atoms with Gasteiger partial charge in [-0.15, -0.1) is 11.3 Å². The lowest BCUT2D eigenvalue weighted by atomic mass is 9.88. The number of hydrogen-bond acceptors (Lipinski definition) is 5. The van der Waals surface area contributed by atoms with Crippen LogP contribution in [0.1, 0.15) is 39.8 Å². The van der Waals surface area contributed by atoms with Crippen molar-refractivity contribution in [3.63, 3.8) is 0 Å². The van der Waals surface area contributed by atoms with Crippen LogP contribution in [0, 0.1) is 5.92 Å². The van der Waals surface area contributed by atoms with Gasteiger partial charge in [-0.3, -0.25) is 9.78 Å². The zero-order valence-electron chi connectivity index (χ0n) is 17.0. The highest BCUT2D eigenvalue weighted by Gasteiger charge is 2.28. The third-order valence-corrected chi connectivity index (χ3v) is 6.75. The number of nitrogens with zero attached hydrogens (tertiary/aromatic N) is 1. The highest BCUT2D eigenvalue weighted by atomic mass is 35.5. The van der Waals surface area contributed by atoms with Crippen molar-refractivity contribution < 1.29 is 9.53 Å². The molecule has 0 aliphatic heterocycles. The second kappa shape index (κ2) is 9.06. The Morgan fingerprint density at radius 3 is 2.97 bits per heavy atom. The van der Waals surface area contributed by atoms with Crippen LogP contribution in [0.15, 0.2) is 42.6 Å². The van der Waals surface area contributed by atoms with E-state index in [-0.39, 0.29) is 5.91 Å². The van der Waals surface area contributed by atoms with Gasteiger partial charge < -0.3 is 15.4 Å². The van der Waals surface area contributed by atoms with Crippen LogP contribution in [0.3, 0.4) is 0 Å². The molecule has 7 heteroatoms. The molecule has 0 fully saturated rings. The topological polar surface area (TPSA) is 63.2 Å². The first-order valence-electron chi connectivity index (χ1n) is 9.98. The zero-order chi connectivity index (χ0) is 21.1. The van der Waals surface area contributed by atoms with Crippen molar-refractivity contribution in [2.75, 3.05) is 17.7 Å². The van der Waals surface area contributed by atoms with Gasteiger partial charge in [0.05, 0.1) is 30.6 Å². The number of anilines is 2. The molecular formula is C23H24ClN3O2S. The molecule has 0 radical (unpaired) electrons. The van der Waals surface area contributed by atoms with Gasteiger partial charge in [-0.05, 0) is 61.1 Å². The summed E-state index contributed by atoms with van der Waals surface area (Å²) >= 11 is 7.82. The molecule has 1 atom stereocenters. The van der Waals surface area contributed by atoms with Gasteiger partial charge >= 0.3 is 0 Å². The summed E-state index contributed by atoms with van der Waals surface area (Å²) in [7, 11) is 1.58. The van der Waals surface area contributed by atoms with E-state index in [2.05, 4.69) is 22.5 Å². The van der Waals surface area contributed by atoms with Crippen molar-refractivity contribution in [1.82, 2.24) is 4.98 Å². The van der Waals surface area contributed by atoms with Gasteiger partial charge in [0, 0.05) is 16.1 Å². The number of carbonyl (C=O) groups excluding carboxylic acids is 1. The van der Waals surface area contributed by atoms with Gasteiger partial charge in [0.25, 0.3) is 5.91 Å². The Morgan fingerprint density at radius 2 is 2.20 bits per heavy atom. The molecule has 2 heterocycles. The summed E-state index contributed by atoms with van der Waals surface area (Å²) < 4.78 is 5.39. The average molecular weight is 442 g/mol. The first-order chi connectivity index (χ1) is 14.5. The minimum Gasteiger partial charge on any atom is -0.495 e. The molecule has 30 heavy (non-hydrogen) atoms. The van der Waals surface area contributed by atoms with E-state index in [0.29, 0.717) is 28.9 Å². The molecule has 2 aromatic heterocycles. The maximum atomic E-state index is 13.4. The fourth-order valence-corrected chi connectivity index (χ4v) is 5.33. The van der Waals surface area contributed by atoms with Crippen LogP contribution in [0.25, 0.3) is 0 Å². The third-order valence-electron chi connectivity index (χ3n) is 5.30. The number of fused-ring (bicyclic) bond motifs is 1. The van der Waals surface area contributed by atoms with Gasteiger partial charge in [0.1, 0.15) is 10.8 Å². The second-order valence-corrected chi connectivity index (χ2v) is 9.07. The quantitative estimate of drug-likeness (QED) is 0.507. The number of aromatic nitrogens is 1. The Kier molecular flexibility index (Phi) is 6.25. The molecule has 4 rings (SSSR count). The Balaban J connectivity index is 1.65. The fourth-order valence-electron chi connectivity index (χ4n) is 3.75. The Hall–Kier alpha value is -2.57. The number of ether oxygens (including phenoxy) is 1. The van der Waals surface area contributed by atoms with E-state index in [9.17, 15) is 4.79 Å².